The largest absolute Gasteiger partial charge is 0.246 e. The second-order valence-electron chi connectivity index (χ2n) is 0.516. The van der Waals surface area contributed by atoms with Crippen LogP contribution in [0.4, 0.5) is 0 Å². The van der Waals surface area contributed by atoms with Gasteiger partial charge in [0.2, 0.25) is 0 Å². The number of nitrogens with zero attached hydrogens (tertiary/aromatic N) is 1. The average molecular weight is 73.1 g/mol. The molecule has 5 heavy (non-hydrogen) atoms. The molecule has 0 unspecified atom stereocenters. The minimum Gasteiger partial charge on any atom is -0.246 e. The van der Waals surface area contributed by atoms with Crippen molar-refractivity contribution in [3.8, 4) is 0 Å². The fourth-order valence-electron chi connectivity index (χ4n) is 0.0745. The van der Waals surface area contributed by atoms with Crippen molar-refractivity contribution >= 4 is 6.21 Å². The number of hydrogen-bond donors (Lipinski definition) is 2. The van der Waals surface area contributed by atoms with Crippen molar-refractivity contribution in [2.75, 3.05) is 0 Å². The summed E-state index contributed by atoms with van der Waals surface area (Å²) in [6, 6.07) is 0. The van der Waals surface area contributed by atoms with Crippen LogP contribution in [0, 0.1) is 0 Å². The van der Waals surface area contributed by atoms with Gasteiger partial charge < -0.3 is 0 Å². The molecule has 0 spiro atoms. The van der Waals surface area contributed by atoms with Crippen LogP contribution in [0.5, 0.6) is 0 Å². The maximum Gasteiger partial charge on any atom is 0.0227 e. The SMILES string of the molecule is C/C=N/NN. The lowest BCUT2D eigenvalue weighted by Crippen LogP contribution is -2.12. The summed E-state index contributed by atoms with van der Waals surface area (Å²) in [6.45, 7) is 1.78. The average Bonchev–Trinajstić information content (AvgIpc) is 1.41. The van der Waals surface area contributed by atoms with E-state index in [2.05, 4.69) is 10.6 Å². The van der Waals surface area contributed by atoms with Gasteiger partial charge in [-0.05, 0) is 6.92 Å². The first-order valence-electron chi connectivity index (χ1n) is 1.35. The Kier molecular flexibility index (Phi) is 3.04. The summed E-state index contributed by atoms with van der Waals surface area (Å²) in [5.74, 6) is 4.69. The van der Waals surface area contributed by atoms with Gasteiger partial charge in [-0.3, -0.25) is 0 Å². The number of hydrazone groups is 1. The molecule has 0 aliphatic heterocycles. The lowest BCUT2D eigenvalue weighted by molar-refractivity contribution is 0.810. The molecule has 0 saturated heterocycles. The van der Waals surface area contributed by atoms with Crippen LogP contribution in [0.2, 0.25) is 0 Å². The molecule has 0 amide bonds. The zero-order valence-electron chi connectivity index (χ0n) is 3.10. The van der Waals surface area contributed by atoms with Crippen LogP contribution in [0.3, 0.4) is 0 Å². The van der Waals surface area contributed by atoms with Crippen molar-refractivity contribution in [1.82, 2.24) is 5.53 Å². The summed E-state index contributed by atoms with van der Waals surface area (Å²) in [4.78, 5) is 0. The van der Waals surface area contributed by atoms with E-state index < -0.39 is 0 Å². The minimum absolute atomic E-state index is 1.57. The molecule has 0 rings (SSSR count). The van der Waals surface area contributed by atoms with Gasteiger partial charge in [-0.2, -0.15) is 5.10 Å². The van der Waals surface area contributed by atoms with Crippen molar-refractivity contribution in [3.63, 3.8) is 0 Å². The van der Waals surface area contributed by atoms with E-state index in [0.717, 1.165) is 0 Å². The number of hydrogen-bond acceptors (Lipinski definition) is 3. The second kappa shape index (κ2) is 3.43. The summed E-state index contributed by atoms with van der Waals surface area (Å²) >= 11 is 0. The minimum atomic E-state index is 1.57. The molecule has 3 N–H and O–H groups in total. The van der Waals surface area contributed by atoms with E-state index in [9.17, 15) is 0 Å². The molecule has 0 aliphatic rings. The van der Waals surface area contributed by atoms with E-state index in [0.29, 0.717) is 0 Å². The molecular weight excluding hydrogens is 66.0 g/mol. The Balaban J connectivity index is 2.62. The molecule has 0 radical (unpaired) electrons. The topological polar surface area (TPSA) is 50.4 Å². The van der Waals surface area contributed by atoms with E-state index >= 15 is 0 Å². The summed E-state index contributed by atoms with van der Waals surface area (Å²) in [7, 11) is 0. The first-order valence-corrected chi connectivity index (χ1v) is 1.35. The molecule has 0 bridgehead atoms. The number of rotatable bonds is 1. The number of nitrogens with one attached hydrogen (secondary N) is 1. The highest BCUT2D eigenvalue weighted by Crippen LogP contribution is 1.38. The fourth-order valence-corrected chi connectivity index (χ4v) is 0.0745. The normalized spacial score (nSPS) is 9.20. The van der Waals surface area contributed by atoms with Gasteiger partial charge in [-0.1, -0.05) is 0 Å². The Bertz CT molecular complexity index is 31.9. The Morgan fingerprint density at radius 1 is 2.00 bits per heavy atom. The lowest BCUT2D eigenvalue weighted by Gasteiger charge is -1.76. The van der Waals surface area contributed by atoms with Gasteiger partial charge in [-0.25, -0.2) is 11.4 Å². The maximum atomic E-state index is 4.69. The van der Waals surface area contributed by atoms with E-state index in [4.69, 9.17) is 5.84 Å². The van der Waals surface area contributed by atoms with Crippen LogP contribution in [0.1, 0.15) is 6.92 Å². The van der Waals surface area contributed by atoms with Gasteiger partial charge in [0.05, 0.1) is 0 Å². The van der Waals surface area contributed by atoms with Crippen LogP contribution in [-0.2, 0) is 0 Å². The molecule has 0 atom stereocenters. The van der Waals surface area contributed by atoms with Crippen molar-refractivity contribution < 1.29 is 0 Å². The third kappa shape index (κ3) is 3.43. The van der Waals surface area contributed by atoms with Crippen molar-refractivity contribution in [1.29, 1.82) is 0 Å². The van der Waals surface area contributed by atoms with Gasteiger partial charge in [-0.15, -0.1) is 0 Å². The highest BCUT2D eigenvalue weighted by Gasteiger charge is 1.44. The Hall–Kier alpha value is -0.570. The molecule has 3 nitrogen and oxygen atoms in total. The molecule has 0 aromatic rings. The summed E-state index contributed by atoms with van der Waals surface area (Å²) in [5, 5.41) is 3.38. The molecule has 3 heteroatoms. The highest BCUT2D eigenvalue weighted by molar-refractivity contribution is 5.52. The lowest BCUT2D eigenvalue weighted by atomic mass is 10.9. The molecule has 0 aliphatic carbocycles. The third-order valence-electron chi connectivity index (χ3n) is 0.204. The van der Waals surface area contributed by atoms with Gasteiger partial charge in [0.1, 0.15) is 0 Å². The molecular formula is C2H7N3. The smallest absolute Gasteiger partial charge is 0.0227 e. The third-order valence-corrected chi connectivity index (χ3v) is 0.204. The first kappa shape index (κ1) is 4.43. The van der Waals surface area contributed by atoms with Crippen LogP contribution >= 0.6 is 0 Å². The van der Waals surface area contributed by atoms with Gasteiger partial charge in [0, 0.05) is 6.21 Å². The fraction of sp³-hybridized carbons (Fsp3) is 0.500. The quantitative estimate of drug-likeness (QED) is 0.249. The molecule has 0 aromatic heterocycles. The van der Waals surface area contributed by atoms with Gasteiger partial charge in [0.15, 0.2) is 0 Å². The second-order valence-corrected chi connectivity index (χ2v) is 0.516. The predicted octanol–water partition coefficient (Wildman–Crippen LogP) is -0.545. The van der Waals surface area contributed by atoms with Gasteiger partial charge >= 0.3 is 0 Å². The van der Waals surface area contributed by atoms with E-state index in [1.54, 1.807) is 13.1 Å². The monoisotopic (exact) mass is 73.1 g/mol. The van der Waals surface area contributed by atoms with E-state index in [-0.39, 0.29) is 0 Å². The first-order chi connectivity index (χ1) is 2.41. The Labute approximate surface area is 30.8 Å². The standard InChI is InChI=1S/C2H7N3/c1-2-4-5-3/h2,5H,3H2,1H3/b4-2+. The van der Waals surface area contributed by atoms with Crippen molar-refractivity contribution in [2.24, 2.45) is 10.9 Å². The van der Waals surface area contributed by atoms with E-state index in [1.807, 2.05) is 0 Å². The Morgan fingerprint density at radius 2 is 2.60 bits per heavy atom. The Morgan fingerprint density at radius 3 is 2.60 bits per heavy atom. The summed E-state index contributed by atoms with van der Waals surface area (Å²) < 4.78 is 0. The van der Waals surface area contributed by atoms with Crippen LogP contribution in [0.15, 0.2) is 5.10 Å². The molecule has 30 valence electrons. The van der Waals surface area contributed by atoms with Crippen LogP contribution < -0.4 is 11.4 Å². The number of hydrazine groups is 1. The zero-order chi connectivity index (χ0) is 4.12. The highest BCUT2D eigenvalue weighted by atomic mass is 15.5. The van der Waals surface area contributed by atoms with Crippen molar-refractivity contribution in [3.05, 3.63) is 0 Å². The molecule has 0 fully saturated rings. The summed E-state index contributed by atoms with van der Waals surface area (Å²) in [6.07, 6.45) is 1.57. The predicted molar refractivity (Wildman–Crippen MR) is 21.5 cm³/mol. The molecule has 0 saturated carbocycles. The summed E-state index contributed by atoms with van der Waals surface area (Å²) in [5.41, 5.74) is 2.09. The van der Waals surface area contributed by atoms with Crippen LogP contribution in [0.25, 0.3) is 0 Å². The maximum absolute atomic E-state index is 4.69. The van der Waals surface area contributed by atoms with Crippen molar-refractivity contribution in [2.45, 2.75) is 6.92 Å². The van der Waals surface area contributed by atoms with Crippen LogP contribution in [-0.4, -0.2) is 6.21 Å². The molecule has 0 heterocycles. The number of nitrogens with two attached hydrogens (primary N) is 1. The molecule has 0 aromatic carbocycles. The van der Waals surface area contributed by atoms with Gasteiger partial charge in [0.25, 0.3) is 0 Å². The zero-order valence-corrected chi connectivity index (χ0v) is 3.10. The van der Waals surface area contributed by atoms with E-state index in [1.165, 1.54) is 0 Å².